The molecule has 0 bridgehead atoms. The Morgan fingerprint density at radius 1 is 1.43 bits per heavy atom. The number of ether oxygens (including phenoxy) is 2. The van der Waals surface area contributed by atoms with Crippen LogP contribution in [0.1, 0.15) is 6.92 Å². The van der Waals surface area contributed by atoms with Crippen molar-refractivity contribution in [2.24, 2.45) is 0 Å². The van der Waals surface area contributed by atoms with Gasteiger partial charge >= 0.3 is 0 Å². The number of carbonyl (C=O) groups is 1. The minimum atomic E-state index is -0.695. The Balaban J connectivity index is 1.94. The van der Waals surface area contributed by atoms with E-state index < -0.39 is 6.10 Å². The third-order valence-corrected chi connectivity index (χ3v) is 4.67. The van der Waals surface area contributed by atoms with Crippen LogP contribution in [0.15, 0.2) is 41.3 Å². The van der Waals surface area contributed by atoms with Gasteiger partial charge in [-0.1, -0.05) is 41.3 Å². The largest absolute Gasteiger partial charge is 0.493 e. The molecule has 0 unspecified atom stereocenters. The lowest BCUT2D eigenvalue weighted by molar-refractivity contribution is -0.122. The van der Waals surface area contributed by atoms with Crippen molar-refractivity contribution in [1.82, 2.24) is 10.2 Å². The first kappa shape index (κ1) is 17.3. The van der Waals surface area contributed by atoms with Crippen LogP contribution in [0, 0.1) is 0 Å². The van der Waals surface area contributed by atoms with Gasteiger partial charge in [0.2, 0.25) is 5.13 Å². The molecule has 1 amide bonds. The Hall–Kier alpha value is -2.06. The van der Waals surface area contributed by atoms with Crippen LogP contribution in [0.5, 0.6) is 11.5 Å². The van der Waals surface area contributed by atoms with E-state index in [2.05, 4.69) is 22.1 Å². The zero-order valence-corrected chi connectivity index (χ0v) is 14.4. The molecule has 6 nitrogen and oxygen atoms in total. The van der Waals surface area contributed by atoms with Crippen molar-refractivity contribution in [3.05, 3.63) is 36.9 Å². The fourth-order valence-electron chi connectivity index (χ4n) is 1.62. The highest BCUT2D eigenvalue weighted by Gasteiger charge is 2.18. The molecular weight excluding hydrogens is 334 g/mol. The fraction of sp³-hybridized carbons (Fsp3) is 0.267. The Morgan fingerprint density at radius 2 is 2.17 bits per heavy atom. The van der Waals surface area contributed by atoms with Crippen molar-refractivity contribution >= 4 is 34.1 Å². The van der Waals surface area contributed by atoms with Crippen LogP contribution in [0.2, 0.25) is 0 Å². The molecule has 1 aromatic heterocycles. The second kappa shape index (κ2) is 8.54. The number of methoxy groups -OCH3 is 1. The summed E-state index contributed by atoms with van der Waals surface area (Å²) in [6.07, 6.45) is 1.09. The number of benzene rings is 1. The van der Waals surface area contributed by atoms with Gasteiger partial charge in [-0.15, -0.1) is 16.8 Å². The van der Waals surface area contributed by atoms with Crippen LogP contribution in [-0.2, 0) is 4.79 Å². The summed E-state index contributed by atoms with van der Waals surface area (Å²) in [6.45, 7) is 5.31. The minimum Gasteiger partial charge on any atom is -0.493 e. The molecule has 0 aliphatic carbocycles. The number of rotatable bonds is 8. The molecule has 1 atom stereocenters. The van der Waals surface area contributed by atoms with E-state index in [-0.39, 0.29) is 5.91 Å². The summed E-state index contributed by atoms with van der Waals surface area (Å²) in [4.78, 5) is 12.2. The van der Waals surface area contributed by atoms with Crippen LogP contribution in [-0.4, -0.2) is 35.1 Å². The predicted molar refractivity (Wildman–Crippen MR) is 92.5 cm³/mol. The smallest absolute Gasteiger partial charge is 0.266 e. The summed E-state index contributed by atoms with van der Waals surface area (Å²) in [7, 11) is 1.55. The Bertz CT molecular complexity index is 675. The number of para-hydroxylation sites is 2. The molecule has 8 heteroatoms. The van der Waals surface area contributed by atoms with E-state index in [0.717, 1.165) is 10.1 Å². The summed E-state index contributed by atoms with van der Waals surface area (Å²) in [6, 6.07) is 7.17. The van der Waals surface area contributed by atoms with E-state index in [4.69, 9.17) is 9.47 Å². The van der Waals surface area contributed by atoms with E-state index >= 15 is 0 Å². The van der Waals surface area contributed by atoms with Gasteiger partial charge in [-0.25, -0.2) is 0 Å². The number of carbonyl (C=O) groups excluding carboxylic acids is 1. The van der Waals surface area contributed by atoms with Gasteiger partial charge in [0.05, 0.1) is 7.11 Å². The second-order valence-electron chi connectivity index (χ2n) is 4.37. The van der Waals surface area contributed by atoms with Crippen molar-refractivity contribution in [1.29, 1.82) is 0 Å². The summed E-state index contributed by atoms with van der Waals surface area (Å²) < 4.78 is 11.6. The molecule has 2 rings (SSSR count). The molecule has 1 aromatic carbocycles. The first-order valence-corrected chi connectivity index (χ1v) is 8.62. The Morgan fingerprint density at radius 3 is 2.87 bits per heavy atom. The van der Waals surface area contributed by atoms with E-state index in [1.807, 2.05) is 12.1 Å². The number of nitrogens with one attached hydrogen (secondary N) is 1. The molecule has 0 saturated heterocycles. The lowest BCUT2D eigenvalue weighted by atomic mass is 10.3. The third kappa shape index (κ3) is 4.97. The van der Waals surface area contributed by atoms with E-state index in [1.165, 1.54) is 23.1 Å². The molecule has 0 radical (unpaired) electrons. The summed E-state index contributed by atoms with van der Waals surface area (Å²) in [5, 5.41) is 11.1. The zero-order valence-electron chi connectivity index (χ0n) is 12.8. The number of aromatic nitrogens is 2. The summed E-state index contributed by atoms with van der Waals surface area (Å²) >= 11 is 2.83. The van der Waals surface area contributed by atoms with Gasteiger partial charge < -0.3 is 9.47 Å². The first-order valence-electron chi connectivity index (χ1n) is 6.81. The predicted octanol–water partition coefficient (Wildman–Crippen LogP) is 3.23. The van der Waals surface area contributed by atoms with Crippen molar-refractivity contribution in [3.63, 3.8) is 0 Å². The van der Waals surface area contributed by atoms with Crippen molar-refractivity contribution < 1.29 is 14.3 Å². The lowest BCUT2D eigenvalue weighted by Gasteiger charge is -2.15. The number of nitrogens with zero attached hydrogens (tertiary/aromatic N) is 2. The normalized spacial score (nSPS) is 11.6. The van der Waals surface area contributed by atoms with Gasteiger partial charge in [-0.3, -0.25) is 10.1 Å². The third-order valence-electron chi connectivity index (χ3n) is 2.70. The quantitative estimate of drug-likeness (QED) is 0.447. The topological polar surface area (TPSA) is 73.3 Å². The molecule has 1 heterocycles. The molecule has 0 fully saturated rings. The van der Waals surface area contributed by atoms with Crippen molar-refractivity contribution in [3.8, 4) is 11.5 Å². The van der Waals surface area contributed by atoms with E-state index in [9.17, 15) is 4.79 Å². The average Bonchev–Trinajstić information content (AvgIpc) is 3.00. The van der Waals surface area contributed by atoms with Crippen LogP contribution in [0.4, 0.5) is 5.13 Å². The Labute approximate surface area is 142 Å². The summed E-state index contributed by atoms with van der Waals surface area (Å²) in [5.41, 5.74) is 0. The number of thioether (sulfide) groups is 1. The molecule has 0 spiro atoms. The van der Waals surface area contributed by atoms with Crippen LogP contribution >= 0.6 is 23.1 Å². The van der Waals surface area contributed by atoms with Gasteiger partial charge in [-0.2, -0.15) is 0 Å². The van der Waals surface area contributed by atoms with Crippen LogP contribution in [0.3, 0.4) is 0 Å². The van der Waals surface area contributed by atoms with Gasteiger partial charge in [-0.05, 0) is 19.1 Å². The van der Waals surface area contributed by atoms with E-state index in [0.29, 0.717) is 16.6 Å². The highest BCUT2D eigenvalue weighted by atomic mass is 32.2. The highest BCUT2D eigenvalue weighted by Crippen LogP contribution is 2.28. The maximum atomic E-state index is 12.2. The molecule has 0 aliphatic rings. The average molecular weight is 351 g/mol. The fourth-order valence-corrected chi connectivity index (χ4v) is 3.13. The SMILES string of the molecule is C=CCSc1nnc(NC(=O)[C@@H](C)Oc2ccccc2OC)s1. The highest BCUT2D eigenvalue weighted by molar-refractivity contribution is 8.01. The molecule has 122 valence electrons. The second-order valence-corrected chi connectivity index (χ2v) is 6.62. The van der Waals surface area contributed by atoms with Gasteiger partial charge in [0.1, 0.15) is 0 Å². The number of hydrogen-bond donors (Lipinski definition) is 1. The standard InChI is InChI=1S/C15H17N3O3S2/c1-4-9-22-15-18-17-14(23-15)16-13(19)10(2)21-12-8-6-5-7-11(12)20-3/h4-8,10H,1,9H2,2-3H3,(H,16,17,19)/t10-/m1/s1. The van der Waals surface area contributed by atoms with Gasteiger partial charge in [0.25, 0.3) is 5.91 Å². The van der Waals surface area contributed by atoms with Crippen molar-refractivity contribution in [2.45, 2.75) is 17.4 Å². The van der Waals surface area contributed by atoms with Crippen LogP contribution in [0.25, 0.3) is 0 Å². The molecule has 0 aliphatic heterocycles. The molecule has 0 saturated carbocycles. The molecule has 1 N–H and O–H groups in total. The summed E-state index contributed by atoms with van der Waals surface area (Å²) in [5.74, 6) is 1.53. The van der Waals surface area contributed by atoms with Gasteiger partial charge in [0, 0.05) is 5.75 Å². The monoisotopic (exact) mass is 351 g/mol. The van der Waals surface area contributed by atoms with Crippen LogP contribution < -0.4 is 14.8 Å². The lowest BCUT2D eigenvalue weighted by Crippen LogP contribution is -2.30. The molecule has 23 heavy (non-hydrogen) atoms. The maximum absolute atomic E-state index is 12.2. The van der Waals surface area contributed by atoms with Gasteiger partial charge in [0.15, 0.2) is 21.9 Å². The maximum Gasteiger partial charge on any atom is 0.266 e. The number of anilines is 1. The zero-order chi connectivity index (χ0) is 16.7. The Kier molecular flexibility index (Phi) is 6.42. The number of amides is 1. The molecular formula is C15H17N3O3S2. The van der Waals surface area contributed by atoms with E-state index in [1.54, 1.807) is 32.2 Å². The van der Waals surface area contributed by atoms with Crippen molar-refractivity contribution in [2.75, 3.05) is 18.2 Å². The minimum absolute atomic E-state index is 0.299. The molecule has 2 aromatic rings. The first-order chi connectivity index (χ1) is 11.1. The number of hydrogen-bond acceptors (Lipinski definition) is 7.